The molecular formula is C21H43N3O. The van der Waals surface area contributed by atoms with Gasteiger partial charge in [0.15, 0.2) is 0 Å². The van der Waals surface area contributed by atoms with Crippen molar-refractivity contribution in [3.05, 3.63) is 0 Å². The molecule has 2 aliphatic rings. The summed E-state index contributed by atoms with van der Waals surface area (Å²) >= 11 is 0. The lowest BCUT2D eigenvalue weighted by Crippen LogP contribution is -2.53. The van der Waals surface area contributed by atoms with Crippen molar-refractivity contribution in [1.82, 2.24) is 14.7 Å². The summed E-state index contributed by atoms with van der Waals surface area (Å²) in [4.78, 5) is 7.75. The number of ether oxygens (including phenoxy) is 1. The van der Waals surface area contributed by atoms with Crippen LogP contribution in [0.15, 0.2) is 0 Å². The van der Waals surface area contributed by atoms with Gasteiger partial charge in [0.2, 0.25) is 0 Å². The molecule has 0 atom stereocenters. The van der Waals surface area contributed by atoms with Crippen LogP contribution >= 0.6 is 0 Å². The van der Waals surface area contributed by atoms with E-state index in [4.69, 9.17) is 4.74 Å². The number of piperidine rings is 1. The van der Waals surface area contributed by atoms with Gasteiger partial charge in [-0.3, -0.25) is 9.80 Å². The Morgan fingerprint density at radius 3 is 2.12 bits per heavy atom. The zero-order valence-corrected chi connectivity index (χ0v) is 17.9. The number of hydrogen-bond acceptors (Lipinski definition) is 4. The maximum atomic E-state index is 5.99. The van der Waals surface area contributed by atoms with Crippen molar-refractivity contribution in [2.45, 2.75) is 84.1 Å². The molecule has 148 valence electrons. The first kappa shape index (κ1) is 21.1. The Morgan fingerprint density at radius 2 is 1.64 bits per heavy atom. The van der Waals surface area contributed by atoms with Crippen LogP contribution in [0.25, 0.3) is 0 Å². The monoisotopic (exact) mass is 353 g/mol. The van der Waals surface area contributed by atoms with Crippen molar-refractivity contribution in [1.29, 1.82) is 0 Å². The minimum atomic E-state index is 0.324. The molecule has 4 heteroatoms. The normalized spacial score (nSPS) is 26.6. The van der Waals surface area contributed by atoms with Crippen molar-refractivity contribution in [2.24, 2.45) is 5.92 Å². The number of nitrogens with zero attached hydrogens (tertiary/aromatic N) is 3. The Labute approximate surface area is 156 Å². The molecule has 0 spiro atoms. The second-order valence-corrected chi connectivity index (χ2v) is 9.83. The SMILES string of the molecule is CC(C)OC1CC(N(CCN(C)C)CC2CCN(C(C)(C)C)CC2)C1. The highest BCUT2D eigenvalue weighted by atomic mass is 16.5. The quantitative estimate of drug-likeness (QED) is 0.666. The fourth-order valence-electron chi connectivity index (χ4n) is 4.20. The Bertz CT molecular complexity index is 377. The molecule has 1 heterocycles. The van der Waals surface area contributed by atoms with Gasteiger partial charge >= 0.3 is 0 Å². The lowest BCUT2D eigenvalue weighted by molar-refractivity contribution is -0.0810. The summed E-state index contributed by atoms with van der Waals surface area (Å²) in [5, 5.41) is 0. The van der Waals surface area contributed by atoms with E-state index >= 15 is 0 Å². The van der Waals surface area contributed by atoms with Crippen molar-refractivity contribution < 1.29 is 4.74 Å². The smallest absolute Gasteiger partial charge is 0.0608 e. The van der Waals surface area contributed by atoms with Crippen molar-refractivity contribution >= 4 is 0 Å². The van der Waals surface area contributed by atoms with Gasteiger partial charge < -0.3 is 9.64 Å². The summed E-state index contributed by atoms with van der Waals surface area (Å²) in [6.45, 7) is 17.5. The van der Waals surface area contributed by atoms with Crippen molar-refractivity contribution in [2.75, 3.05) is 46.8 Å². The van der Waals surface area contributed by atoms with Crippen LogP contribution < -0.4 is 0 Å². The van der Waals surface area contributed by atoms with E-state index in [1.165, 1.54) is 51.9 Å². The number of likely N-dealkylation sites (tertiary alicyclic amines) is 1. The highest BCUT2D eigenvalue weighted by molar-refractivity contribution is 4.91. The van der Waals surface area contributed by atoms with Crippen LogP contribution in [0.5, 0.6) is 0 Å². The second-order valence-electron chi connectivity index (χ2n) is 9.83. The maximum absolute atomic E-state index is 5.99. The van der Waals surface area contributed by atoms with Gasteiger partial charge in [-0.1, -0.05) is 0 Å². The van der Waals surface area contributed by atoms with Gasteiger partial charge in [-0.15, -0.1) is 0 Å². The lowest BCUT2D eigenvalue weighted by atomic mass is 9.85. The number of hydrogen-bond donors (Lipinski definition) is 0. The van der Waals surface area contributed by atoms with Gasteiger partial charge in [0, 0.05) is 31.2 Å². The zero-order chi connectivity index (χ0) is 18.6. The number of likely N-dealkylation sites (N-methyl/N-ethyl adjacent to an activating group) is 1. The van der Waals surface area contributed by atoms with Gasteiger partial charge in [-0.2, -0.15) is 0 Å². The Balaban J connectivity index is 1.81. The molecule has 1 saturated carbocycles. The summed E-state index contributed by atoms with van der Waals surface area (Å²) in [6.07, 6.45) is 6.03. The predicted octanol–water partition coefficient (Wildman–Crippen LogP) is 3.32. The van der Waals surface area contributed by atoms with E-state index < -0.39 is 0 Å². The van der Waals surface area contributed by atoms with E-state index in [1.807, 2.05) is 0 Å². The van der Waals surface area contributed by atoms with E-state index in [1.54, 1.807) is 0 Å². The molecule has 0 aromatic carbocycles. The Kier molecular flexibility index (Phi) is 7.75. The fraction of sp³-hybridized carbons (Fsp3) is 1.00. The minimum Gasteiger partial charge on any atom is -0.375 e. The molecule has 4 nitrogen and oxygen atoms in total. The molecule has 0 aromatic rings. The summed E-state index contributed by atoms with van der Waals surface area (Å²) in [5.74, 6) is 0.867. The van der Waals surface area contributed by atoms with Crippen LogP contribution in [0, 0.1) is 5.92 Å². The van der Waals surface area contributed by atoms with Crippen LogP contribution in [0.2, 0.25) is 0 Å². The van der Waals surface area contributed by atoms with E-state index in [9.17, 15) is 0 Å². The molecule has 25 heavy (non-hydrogen) atoms. The summed E-state index contributed by atoms with van der Waals surface area (Å²) < 4.78 is 5.99. The first-order valence-corrected chi connectivity index (χ1v) is 10.4. The Morgan fingerprint density at radius 1 is 1.04 bits per heavy atom. The van der Waals surface area contributed by atoms with Crippen LogP contribution in [0.4, 0.5) is 0 Å². The minimum absolute atomic E-state index is 0.324. The third kappa shape index (κ3) is 6.82. The highest BCUT2D eigenvalue weighted by Gasteiger charge is 2.36. The van der Waals surface area contributed by atoms with Crippen molar-refractivity contribution in [3.8, 4) is 0 Å². The third-order valence-corrected chi connectivity index (χ3v) is 5.94. The maximum Gasteiger partial charge on any atom is 0.0608 e. The summed E-state index contributed by atoms with van der Waals surface area (Å²) in [5.41, 5.74) is 0.324. The number of rotatable bonds is 8. The molecule has 0 bridgehead atoms. The van der Waals surface area contributed by atoms with Crippen molar-refractivity contribution in [3.63, 3.8) is 0 Å². The van der Waals surface area contributed by atoms with Crippen LogP contribution in [-0.2, 0) is 4.74 Å². The van der Waals surface area contributed by atoms with Gasteiger partial charge in [0.25, 0.3) is 0 Å². The Hall–Kier alpha value is -0.160. The predicted molar refractivity (Wildman–Crippen MR) is 107 cm³/mol. The third-order valence-electron chi connectivity index (χ3n) is 5.94. The summed E-state index contributed by atoms with van der Waals surface area (Å²) in [6, 6.07) is 0.740. The standard InChI is InChI=1S/C21H43N3O/c1-17(2)25-20-14-19(15-20)23(13-12-22(6)7)16-18-8-10-24(11-9-18)21(3,4)5/h17-20H,8-16H2,1-7H3. The fourth-order valence-corrected chi connectivity index (χ4v) is 4.20. The highest BCUT2D eigenvalue weighted by Crippen LogP contribution is 2.31. The molecule has 0 N–H and O–H groups in total. The van der Waals surface area contributed by atoms with E-state index in [0.717, 1.165) is 18.5 Å². The summed E-state index contributed by atoms with van der Waals surface area (Å²) in [7, 11) is 4.37. The second kappa shape index (κ2) is 9.16. The average Bonchev–Trinajstić information content (AvgIpc) is 2.46. The van der Waals surface area contributed by atoms with Crippen LogP contribution in [0.1, 0.15) is 60.3 Å². The molecule has 0 radical (unpaired) electrons. The van der Waals surface area contributed by atoms with Gasteiger partial charge in [0.1, 0.15) is 0 Å². The topological polar surface area (TPSA) is 19.0 Å². The van der Waals surface area contributed by atoms with E-state index in [-0.39, 0.29) is 0 Å². The zero-order valence-electron chi connectivity index (χ0n) is 17.9. The molecule has 2 rings (SSSR count). The van der Waals surface area contributed by atoms with Crippen LogP contribution in [-0.4, -0.2) is 85.3 Å². The first-order valence-electron chi connectivity index (χ1n) is 10.4. The molecule has 1 aliphatic carbocycles. The van der Waals surface area contributed by atoms with Gasteiger partial charge in [-0.25, -0.2) is 0 Å². The van der Waals surface area contributed by atoms with Gasteiger partial charge in [0.05, 0.1) is 12.2 Å². The first-order chi connectivity index (χ1) is 11.6. The molecular weight excluding hydrogens is 310 g/mol. The molecule has 0 aromatic heterocycles. The van der Waals surface area contributed by atoms with Gasteiger partial charge in [-0.05, 0) is 93.4 Å². The molecule has 1 aliphatic heterocycles. The lowest BCUT2D eigenvalue weighted by Gasteiger charge is -2.46. The molecule has 0 unspecified atom stereocenters. The van der Waals surface area contributed by atoms with E-state index in [0.29, 0.717) is 17.7 Å². The largest absolute Gasteiger partial charge is 0.375 e. The molecule has 2 fully saturated rings. The van der Waals surface area contributed by atoms with Crippen LogP contribution in [0.3, 0.4) is 0 Å². The van der Waals surface area contributed by atoms with E-state index in [2.05, 4.69) is 63.4 Å². The molecule has 0 amide bonds. The average molecular weight is 354 g/mol. The molecule has 1 saturated heterocycles.